The van der Waals surface area contributed by atoms with Crippen LogP contribution in [-0.2, 0) is 9.59 Å². The van der Waals surface area contributed by atoms with Crippen molar-refractivity contribution in [3.8, 4) is 23.0 Å². The number of methoxy groups -OCH3 is 3. The van der Waals surface area contributed by atoms with Crippen LogP contribution in [0.15, 0.2) is 60.2 Å². The SMILES string of the molecule is CCOc1ccc(/C(O)=C2\C(=O)C(=O)N(c3nc4ccc(Cl)cc4s3)C2c2cc(OC)c(OC)c(OC)c2)cc1. The Hall–Kier alpha value is -4.28. The highest BCUT2D eigenvalue weighted by Crippen LogP contribution is 2.48. The number of carbonyl (C=O) groups is 2. The quantitative estimate of drug-likeness (QED) is 0.154. The number of aliphatic hydroxyl groups is 1. The first-order valence-corrected chi connectivity index (χ1v) is 13.4. The standard InChI is InChI=1S/C29H25ClN2O7S/c1-5-39-18-9-6-15(7-10-18)25(33)23-24(16-12-20(36-2)27(38-4)21(13-16)37-3)32(28(35)26(23)34)29-31-19-11-8-17(30)14-22(19)40-29/h6-14,24,33H,5H2,1-4H3/b25-23+. The van der Waals surface area contributed by atoms with E-state index in [0.717, 1.165) is 4.70 Å². The Kier molecular flexibility index (Phi) is 7.55. The van der Waals surface area contributed by atoms with Gasteiger partial charge in [0.2, 0.25) is 5.75 Å². The smallest absolute Gasteiger partial charge is 0.301 e. The van der Waals surface area contributed by atoms with Crippen molar-refractivity contribution < 1.29 is 33.6 Å². The lowest BCUT2D eigenvalue weighted by Gasteiger charge is -2.24. The summed E-state index contributed by atoms with van der Waals surface area (Å²) in [7, 11) is 4.41. The highest BCUT2D eigenvalue weighted by atomic mass is 35.5. The Morgan fingerprint density at radius 3 is 2.27 bits per heavy atom. The Bertz CT molecular complexity index is 1620. The fraction of sp³-hybridized carbons (Fsp3) is 0.207. The Morgan fingerprint density at radius 2 is 1.68 bits per heavy atom. The molecule has 1 amide bonds. The van der Waals surface area contributed by atoms with Gasteiger partial charge >= 0.3 is 5.91 Å². The number of thiazole rings is 1. The van der Waals surface area contributed by atoms with Gasteiger partial charge in [0, 0.05) is 10.6 Å². The minimum atomic E-state index is -1.06. The average Bonchev–Trinajstić information content (AvgIpc) is 3.49. The number of benzene rings is 3. The van der Waals surface area contributed by atoms with E-state index in [1.54, 1.807) is 54.6 Å². The maximum Gasteiger partial charge on any atom is 0.301 e. The number of aromatic nitrogens is 1. The summed E-state index contributed by atoms with van der Waals surface area (Å²) in [4.78, 5) is 33.1. The second-order valence-corrected chi connectivity index (χ2v) is 10.1. The lowest BCUT2D eigenvalue weighted by atomic mass is 9.94. The monoisotopic (exact) mass is 580 g/mol. The summed E-state index contributed by atoms with van der Waals surface area (Å²) in [6, 6.07) is 14.0. The third-order valence-electron chi connectivity index (χ3n) is 6.43. The molecule has 9 nitrogen and oxygen atoms in total. The molecule has 1 aromatic heterocycles. The predicted octanol–water partition coefficient (Wildman–Crippen LogP) is 6.00. The summed E-state index contributed by atoms with van der Waals surface area (Å²) in [5.74, 6) is -0.453. The summed E-state index contributed by atoms with van der Waals surface area (Å²) < 4.78 is 22.8. The number of fused-ring (bicyclic) bond motifs is 1. The highest BCUT2D eigenvalue weighted by molar-refractivity contribution is 7.22. The third kappa shape index (κ3) is 4.69. The van der Waals surface area contributed by atoms with Crippen molar-refractivity contribution in [2.45, 2.75) is 13.0 Å². The Morgan fingerprint density at radius 1 is 1.00 bits per heavy atom. The van der Waals surface area contributed by atoms with Crippen LogP contribution in [0.25, 0.3) is 16.0 Å². The molecule has 1 atom stereocenters. The molecule has 0 bridgehead atoms. The number of ketones is 1. The molecule has 5 rings (SSSR count). The van der Waals surface area contributed by atoms with Gasteiger partial charge in [-0.1, -0.05) is 22.9 Å². The number of halogens is 1. The molecule has 1 aliphatic heterocycles. The molecule has 40 heavy (non-hydrogen) atoms. The molecular formula is C29H25ClN2O7S. The maximum atomic E-state index is 13.6. The molecule has 1 unspecified atom stereocenters. The van der Waals surface area contributed by atoms with Crippen LogP contribution >= 0.6 is 22.9 Å². The van der Waals surface area contributed by atoms with Gasteiger partial charge in [-0.05, 0) is 67.1 Å². The summed E-state index contributed by atoms with van der Waals surface area (Å²) in [6.45, 7) is 2.34. The van der Waals surface area contributed by atoms with E-state index < -0.39 is 17.7 Å². The number of amides is 1. The topological polar surface area (TPSA) is 107 Å². The lowest BCUT2D eigenvalue weighted by molar-refractivity contribution is -0.132. The van der Waals surface area contributed by atoms with Crippen molar-refractivity contribution in [1.82, 2.24) is 4.98 Å². The molecule has 1 N–H and O–H groups in total. The number of carbonyl (C=O) groups excluding carboxylic acids is 2. The molecule has 11 heteroatoms. The molecule has 1 fully saturated rings. The largest absolute Gasteiger partial charge is 0.507 e. The fourth-order valence-electron chi connectivity index (χ4n) is 4.62. The number of anilines is 1. The molecule has 0 spiro atoms. The van der Waals surface area contributed by atoms with Crippen molar-refractivity contribution in [2.75, 3.05) is 32.8 Å². The van der Waals surface area contributed by atoms with Crippen LogP contribution in [0.2, 0.25) is 5.02 Å². The molecule has 3 aromatic carbocycles. The fourth-order valence-corrected chi connectivity index (χ4v) is 5.89. The minimum Gasteiger partial charge on any atom is -0.507 e. The normalized spacial score (nSPS) is 16.4. The number of aliphatic hydroxyl groups excluding tert-OH is 1. The van der Waals surface area contributed by atoms with Crippen molar-refractivity contribution in [3.05, 3.63) is 76.3 Å². The van der Waals surface area contributed by atoms with Gasteiger partial charge in [-0.15, -0.1) is 0 Å². The molecule has 1 aliphatic rings. The zero-order chi connectivity index (χ0) is 28.6. The number of hydrogen-bond donors (Lipinski definition) is 1. The number of nitrogens with zero attached hydrogens (tertiary/aromatic N) is 2. The molecule has 206 valence electrons. The van der Waals surface area contributed by atoms with Gasteiger partial charge in [0.1, 0.15) is 11.5 Å². The van der Waals surface area contributed by atoms with E-state index in [1.165, 1.54) is 37.6 Å². The van der Waals surface area contributed by atoms with Crippen molar-refractivity contribution >= 4 is 55.7 Å². The van der Waals surface area contributed by atoms with Crippen LogP contribution in [0, 0.1) is 0 Å². The van der Waals surface area contributed by atoms with E-state index in [0.29, 0.717) is 51.3 Å². The van der Waals surface area contributed by atoms with E-state index in [9.17, 15) is 14.7 Å². The van der Waals surface area contributed by atoms with E-state index in [2.05, 4.69) is 4.98 Å². The van der Waals surface area contributed by atoms with Gasteiger partial charge in [0.05, 0.1) is 49.8 Å². The van der Waals surface area contributed by atoms with Crippen LogP contribution in [0.5, 0.6) is 23.0 Å². The molecule has 0 aliphatic carbocycles. The van der Waals surface area contributed by atoms with E-state index in [-0.39, 0.29) is 16.5 Å². The van der Waals surface area contributed by atoms with Crippen molar-refractivity contribution in [1.29, 1.82) is 0 Å². The highest BCUT2D eigenvalue weighted by Gasteiger charge is 2.48. The number of hydrogen-bond acceptors (Lipinski definition) is 9. The number of ether oxygens (including phenoxy) is 4. The van der Waals surface area contributed by atoms with E-state index >= 15 is 0 Å². The van der Waals surface area contributed by atoms with Crippen LogP contribution in [-0.4, -0.2) is 49.7 Å². The number of rotatable bonds is 8. The van der Waals surface area contributed by atoms with Crippen molar-refractivity contribution in [3.63, 3.8) is 0 Å². The van der Waals surface area contributed by atoms with Gasteiger partial charge in [0.25, 0.3) is 5.78 Å². The average molecular weight is 581 g/mol. The first-order valence-electron chi connectivity index (χ1n) is 12.2. The van der Waals surface area contributed by atoms with Gasteiger partial charge in [-0.3, -0.25) is 14.5 Å². The van der Waals surface area contributed by atoms with Gasteiger partial charge in [-0.2, -0.15) is 0 Å². The lowest BCUT2D eigenvalue weighted by Crippen LogP contribution is -2.29. The minimum absolute atomic E-state index is 0.110. The van der Waals surface area contributed by atoms with Crippen LogP contribution in [0.3, 0.4) is 0 Å². The van der Waals surface area contributed by atoms with Crippen LogP contribution in [0.4, 0.5) is 5.13 Å². The zero-order valence-corrected chi connectivity index (χ0v) is 23.6. The summed E-state index contributed by atoms with van der Waals surface area (Å²) in [5, 5.41) is 12.3. The molecule has 2 heterocycles. The van der Waals surface area contributed by atoms with Gasteiger partial charge in [0.15, 0.2) is 16.6 Å². The van der Waals surface area contributed by atoms with E-state index in [1.807, 2.05) is 6.92 Å². The van der Waals surface area contributed by atoms with Crippen LogP contribution in [0.1, 0.15) is 24.1 Å². The summed E-state index contributed by atoms with van der Waals surface area (Å²) in [6.07, 6.45) is 0. The number of Topliss-reactive ketones (excluding diaryl/α,β-unsaturated/α-hetero) is 1. The molecule has 0 radical (unpaired) electrons. The van der Waals surface area contributed by atoms with E-state index in [4.69, 9.17) is 30.5 Å². The van der Waals surface area contributed by atoms with Gasteiger partial charge < -0.3 is 24.1 Å². The molecule has 1 saturated heterocycles. The van der Waals surface area contributed by atoms with Crippen molar-refractivity contribution in [2.24, 2.45) is 0 Å². The zero-order valence-electron chi connectivity index (χ0n) is 22.1. The second kappa shape index (κ2) is 11.1. The molecule has 4 aromatic rings. The first-order chi connectivity index (χ1) is 19.3. The first kappa shape index (κ1) is 27.3. The Labute approximate surface area is 239 Å². The summed E-state index contributed by atoms with van der Waals surface area (Å²) in [5.41, 5.74) is 1.29. The Balaban J connectivity index is 1.75. The van der Waals surface area contributed by atoms with Crippen LogP contribution < -0.4 is 23.8 Å². The third-order valence-corrected chi connectivity index (χ3v) is 7.68. The maximum absolute atomic E-state index is 13.6. The summed E-state index contributed by atoms with van der Waals surface area (Å²) >= 11 is 7.38. The van der Waals surface area contributed by atoms with Gasteiger partial charge in [-0.25, -0.2) is 4.98 Å². The molecular weight excluding hydrogens is 556 g/mol. The molecule has 0 saturated carbocycles. The second-order valence-electron chi connectivity index (χ2n) is 8.69. The predicted molar refractivity (Wildman–Crippen MR) is 153 cm³/mol.